The van der Waals surface area contributed by atoms with Gasteiger partial charge in [0.15, 0.2) is 5.13 Å². The van der Waals surface area contributed by atoms with Gasteiger partial charge in [0.05, 0.1) is 9.75 Å². The first-order valence-electron chi connectivity index (χ1n) is 5.60. The first-order chi connectivity index (χ1) is 9.24. The van der Waals surface area contributed by atoms with Gasteiger partial charge < -0.3 is 5.32 Å². The van der Waals surface area contributed by atoms with Gasteiger partial charge in [-0.25, -0.2) is 4.98 Å². The lowest BCUT2D eigenvalue weighted by Gasteiger charge is -1.95. The monoisotopic (exact) mass is 306 g/mol. The average Bonchev–Trinajstić information content (AvgIpc) is 3.09. The molecule has 3 nitrogen and oxygen atoms in total. The first-order valence-corrected chi connectivity index (χ1v) is 8.18. The second-order valence-electron chi connectivity index (χ2n) is 3.83. The van der Waals surface area contributed by atoms with Crippen molar-refractivity contribution in [3.05, 3.63) is 35.0 Å². The molecule has 0 aliphatic rings. The number of rotatable bonds is 3. The highest BCUT2D eigenvalue weighted by Crippen LogP contribution is 2.42. The largest absolute Gasteiger partial charge is 0.302 e. The minimum absolute atomic E-state index is 0.0933. The Kier molecular flexibility index (Phi) is 3.46. The third kappa shape index (κ3) is 2.60. The number of thiazole rings is 1. The fourth-order valence-corrected chi connectivity index (χ4v) is 4.34. The van der Waals surface area contributed by atoms with Crippen LogP contribution < -0.4 is 5.32 Å². The summed E-state index contributed by atoms with van der Waals surface area (Å²) in [6.07, 6.45) is 0. The third-order valence-corrected chi connectivity index (χ3v) is 5.31. The molecule has 3 aromatic heterocycles. The van der Waals surface area contributed by atoms with Crippen LogP contribution in [0.1, 0.15) is 6.92 Å². The molecular weight excluding hydrogens is 296 g/mol. The van der Waals surface area contributed by atoms with Gasteiger partial charge >= 0.3 is 0 Å². The molecule has 0 saturated carbocycles. The lowest BCUT2D eigenvalue weighted by Crippen LogP contribution is -2.04. The number of nitrogens with zero attached hydrogens (tertiary/aromatic N) is 1. The summed E-state index contributed by atoms with van der Waals surface area (Å²) in [6, 6.07) is 8.16. The van der Waals surface area contributed by atoms with E-state index in [4.69, 9.17) is 0 Å². The number of hydrogen-bond donors (Lipinski definition) is 1. The van der Waals surface area contributed by atoms with Crippen LogP contribution in [0, 0.1) is 0 Å². The van der Waals surface area contributed by atoms with Gasteiger partial charge in [-0.2, -0.15) is 0 Å². The third-order valence-electron chi connectivity index (χ3n) is 2.41. The Morgan fingerprint density at radius 1 is 1.16 bits per heavy atom. The highest BCUT2D eigenvalue weighted by molar-refractivity contribution is 7.24. The van der Waals surface area contributed by atoms with Crippen molar-refractivity contribution >= 4 is 45.0 Å². The predicted molar refractivity (Wildman–Crippen MR) is 83.0 cm³/mol. The summed E-state index contributed by atoms with van der Waals surface area (Å²) in [5.41, 5.74) is 0.950. The zero-order valence-corrected chi connectivity index (χ0v) is 12.5. The molecule has 1 N–H and O–H groups in total. The summed E-state index contributed by atoms with van der Waals surface area (Å²) < 4.78 is 0. The van der Waals surface area contributed by atoms with Crippen LogP contribution in [0.5, 0.6) is 0 Å². The van der Waals surface area contributed by atoms with E-state index < -0.39 is 0 Å². The van der Waals surface area contributed by atoms with Crippen LogP contribution in [0.15, 0.2) is 35.0 Å². The van der Waals surface area contributed by atoms with Gasteiger partial charge in [0.1, 0.15) is 5.69 Å². The molecule has 96 valence electrons. The van der Waals surface area contributed by atoms with Crippen LogP contribution in [0.3, 0.4) is 0 Å². The number of carbonyl (C=O) groups excluding carboxylic acids is 1. The molecule has 6 heteroatoms. The summed E-state index contributed by atoms with van der Waals surface area (Å²) in [7, 11) is 0. The SMILES string of the molecule is CC(=O)Nc1nc(-c2cccs2)c(-c2cccs2)s1. The van der Waals surface area contributed by atoms with Crippen molar-refractivity contribution in [2.75, 3.05) is 5.32 Å². The van der Waals surface area contributed by atoms with Gasteiger partial charge in [0.2, 0.25) is 5.91 Å². The van der Waals surface area contributed by atoms with E-state index in [9.17, 15) is 4.79 Å². The molecule has 19 heavy (non-hydrogen) atoms. The summed E-state index contributed by atoms with van der Waals surface area (Å²) >= 11 is 4.86. The van der Waals surface area contributed by atoms with Crippen molar-refractivity contribution in [3.63, 3.8) is 0 Å². The van der Waals surface area contributed by atoms with Crippen molar-refractivity contribution in [3.8, 4) is 20.3 Å². The Morgan fingerprint density at radius 2 is 1.84 bits per heavy atom. The Morgan fingerprint density at radius 3 is 2.42 bits per heavy atom. The number of amides is 1. The second kappa shape index (κ2) is 5.24. The first kappa shape index (κ1) is 12.5. The van der Waals surface area contributed by atoms with E-state index in [1.165, 1.54) is 23.1 Å². The molecule has 0 saturated heterocycles. The van der Waals surface area contributed by atoms with Gasteiger partial charge in [-0.15, -0.1) is 22.7 Å². The zero-order chi connectivity index (χ0) is 13.2. The van der Waals surface area contributed by atoms with Crippen molar-refractivity contribution in [2.24, 2.45) is 0 Å². The Labute approximate surface area is 122 Å². The maximum atomic E-state index is 11.2. The maximum Gasteiger partial charge on any atom is 0.223 e. The van der Waals surface area contributed by atoms with E-state index in [-0.39, 0.29) is 5.91 Å². The van der Waals surface area contributed by atoms with Gasteiger partial charge in [-0.3, -0.25) is 4.79 Å². The minimum atomic E-state index is -0.0933. The quantitative estimate of drug-likeness (QED) is 0.771. The molecule has 0 fully saturated rings. The van der Waals surface area contributed by atoms with Crippen molar-refractivity contribution in [1.29, 1.82) is 0 Å². The zero-order valence-electron chi connectivity index (χ0n) is 10.0. The molecule has 1 amide bonds. The molecular formula is C13H10N2OS3. The normalized spacial score (nSPS) is 10.6. The number of aromatic nitrogens is 1. The molecule has 0 aromatic carbocycles. The number of anilines is 1. The van der Waals surface area contributed by atoms with Gasteiger partial charge in [-0.05, 0) is 22.9 Å². The molecule has 0 unspecified atom stereocenters. The molecule has 0 atom stereocenters. The Bertz CT molecular complexity index is 632. The number of carbonyl (C=O) groups is 1. The molecule has 0 aliphatic carbocycles. The molecule has 3 rings (SSSR count). The van der Waals surface area contributed by atoms with Crippen LogP contribution in [0.2, 0.25) is 0 Å². The molecule has 3 aromatic rings. The standard InChI is InChI=1S/C13H10N2OS3/c1-8(16)14-13-15-11(9-4-2-6-17-9)12(19-13)10-5-3-7-18-10/h2-7H,1H3,(H,14,15,16). The Balaban J connectivity index is 2.10. The van der Waals surface area contributed by atoms with Gasteiger partial charge in [0.25, 0.3) is 0 Å². The van der Waals surface area contributed by atoms with Crippen LogP contribution in [0.25, 0.3) is 20.3 Å². The van der Waals surface area contributed by atoms with Gasteiger partial charge in [-0.1, -0.05) is 23.5 Å². The Hall–Kier alpha value is -1.50. The van der Waals surface area contributed by atoms with E-state index in [0.29, 0.717) is 5.13 Å². The maximum absolute atomic E-state index is 11.2. The molecule has 3 heterocycles. The van der Waals surface area contributed by atoms with Crippen molar-refractivity contribution in [1.82, 2.24) is 4.98 Å². The van der Waals surface area contributed by atoms with E-state index in [1.54, 1.807) is 22.7 Å². The number of nitrogens with one attached hydrogen (secondary N) is 1. The van der Waals surface area contributed by atoms with Crippen molar-refractivity contribution in [2.45, 2.75) is 6.92 Å². The number of thiophene rings is 2. The van der Waals surface area contributed by atoms with E-state index in [2.05, 4.69) is 16.4 Å². The number of hydrogen-bond acceptors (Lipinski definition) is 5. The molecule has 0 bridgehead atoms. The minimum Gasteiger partial charge on any atom is -0.302 e. The average molecular weight is 306 g/mol. The topological polar surface area (TPSA) is 42.0 Å². The highest BCUT2D eigenvalue weighted by Gasteiger charge is 2.16. The van der Waals surface area contributed by atoms with E-state index in [0.717, 1.165) is 15.4 Å². The van der Waals surface area contributed by atoms with Gasteiger partial charge in [0, 0.05) is 11.8 Å². The summed E-state index contributed by atoms with van der Waals surface area (Å²) in [5.74, 6) is -0.0933. The summed E-state index contributed by atoms with van der Waals surface area (Å²) in [6.45, 7) is 1.50. The lowest BCUT2D eigenvalue weighted by atomic mass is 10.3. The fraction of sp³-hybridized carbons (Fsp3) is 0.0769. The fourth-order valence-electron chi connectivity index (χ4n) is 1.68. The smallest absolute Gasteiger partial charge is 0.223 e. The van der Waals surface area contributed by atoms with Crippen LogP contribution in [-0.4, -0.2) is 10.9 Å². The molecule has 0 aliphatic heterocycles. The summed E-state index contributed by atoms with van der Waals surface area (Å²) in [4.78, 5) is 19.1. The van der Waals surface area contributed by atoms with E-state index in [1.807, 2.05) is 29.0 Å². The van der Waals surface area contributed by atoms with Crippen molar-refractivity contribution < 1.29 is 4.79 Å². The van der Waals surface area contributed by atoms with E-state index >= 15 is 0 Å². The molecule has 0 radical (unpaired) electrons. The summed E-state index contributed by atoms with van der Waals surface area (Å²) in [5, 5.41) is 7.50. The second-order valence-corrected chi connectivity index (χ2v) is 6.73. The molecule has 0 spiro atoms. The highest BCUT2D eigenvalue weighted by atomic mass is 32.1. The van der Waals surface area contributed by atoms with Crippen LogP contribution in [-0.2, 0) is 4.79 Å². The van der Waals surface area contributed by atoms with Crippen LogP contribution in [0.4, 0.5) is 5.13 Å². The lowest BCUT2D eigenvalue weighted by molar-refractivity contribution is -0.114. The van der Waals surface area contributed by atoms with Crippen LogP contribution >= 0.6 is 34.0 Å². The predicted octanol–water partition coefficient (Wildman–Crippen LogP) is 4.56.